The zero-order valence-corrected chi connectivity index (χ0v) is 14.1. The molecule has 7 nitrogen and oxygen atoms in total. The first-order valence-electron chi connectivity index (χ1n) is 8.01. The molecule has 0 atom stereocenters. The van der Waals surface area contributed by atoms with Crippen LogP contribution in [-0.4, -0.2) is 27.7 Å². The zero-order chi connectivity index (χ0) is 17.6. The van der Waals surface area contributed by atoms with Gasteiger partial charge in [0.25, 0.3) is 5.89 Å². The van der Waals surface area contributed by atoms with Gasteiger partial charge >= 0.3 is 6.03 Å². The Morgan fingerprint density at radius 1 is 1.16 bits per heavy atom. The van der Waals surface area contributed by atoms with Crippen LogP contribution in [0.5, 0.6) is 0 Å². The van der Waals surface area contributed by atoms with Crippen LogP contribution in [-0.2, 0) is 0 Å². The van der Waals surface area contributed by atoms with Gasteiger partial charge in [-0.2, -0.15) is 4.98 Å². The van der Waals surface area contributed by atoms with Crippen LogP contribution in [0.4, 0.5) is 10.5 Å². The van der Waals surface area contributed by atoms with E-state index >= 15 is 0 Å². The van der Waals surface area contributed by atoms with Crippen LogP contribution < -0.4 is 10.6 Å². The molecule has 3 rings (SSSR count). The number of nitrogens with one attached hydrogen (secondary N) is 2. The number of hydrogen-bond acceptors (Lipinski definition) is 5. The van der Waals surface area contributed by atoms with E-state index in [4.69, 9.17) is 4.52 Å². The van der Waals surface area contributed by atoms with Gasteiger partial charge in [-0.3, -0.25) is 4.98 Å². The van der Waals surface area contributed by atoms with Gasteiger partial charge in [0.1, 0.15) is 0 Å². The first-order valence-corrected chi connectivity index (χ1v) is 8.01. The number of rotatable bonds is 5. The number of pyridine rings is 1. The number of carbonyl (C=O) groups is 1. The smallest absolute Gasteiger partial charge is 0.319 e. The van der Waals surface area contributed by atoms with Gasteiger partial charge in [-0.05, 0) is 30.2 Å². The summed E-state index contributed by atoms with van der Waals surface area (Å²) in [4.78, 5) is 20.2. The summed E-state index contributed by atoms with van der Waals surface area (Å²) < 4.78 is 5.30. The molecule has 0 bridgehead atoms. The van der Waals surface area contributed by atoms with E-state index in [-0.39, 0.29) is 6.03 Å². The molecule has 7 heteroatoms. The van der Waals surface area contributed by atoms with Crippen LogP contribution in [0, 0.1) is 5.92 Å². The maximum atomic E-state index is 11.9. The Labute approximate surface area is 145 Å². The first kappa shape index (κ1) is 16.6. The van der Waals surface area contributed by atoms with Gasteiger partial charge in [0.2, 0.25) is 5.82 Å². The molecule has 2 N–H and O–H groups in total. The molecular weight excluding hydrogens is 318 g/mol. The minimum Gasteiger partial charge on any atom is -0.338 e. The molecule has 1 aromatic carbocycles. The predicted molar refractivity (Wildman–Crippen MR) is 94.8 cm³/mol. The highest BCUT2D eigenvalue weighted by atomic mass is 16.5. The lowest BCUT2D eigenvalue weighted by molar-refractivity contribution is 0.251. The van der Waals surface area contributed by atoms with Crippen LogP contribution in [0.2, 0.25) is 0 Å². The zero-order valence-electron chi connectivity index (χ0n) is 14.1. The van der Waals surface area contributed by atoms with E-state index in [9.17, 15) is 4.79 Å². The molecule has 2 amide bonds. The van der Waals surface area contributed by atoms with Crippen molar-refractivity contribution in [3.63, 3.8) is 0 Å². The van der Waals surface area contributed by atoms with E-state index in [1.165, 1.54) is 0 Å². The third-order valence-electron chi connectivity index (χ3n) is 3.40. The molecule has 0 fully saturated rings. The van der Waals surface area contributed by atoms with Crippen molar-refractivity contribution in [2.75, 3.05) is 11.9 Å². The van der Waals surface area contributed by atoms with Crippen LogP contribution in [0.1, 0.15) is 13.8 Å². The van der Waals surface area contributed by atoms with Crippen molar-refractivity contribution in [2.45, 2.75) is 13.8 Å². The number of hydrogen-bond donors (Lipinski definition) is 2. The average Bonchev–Trinajstić information content (AvgIpc) is 3.11. The second-order valence-electron chi connectivity index (χ2n) is 5.97. The lowest BCUT2D eigenvalue weighted by Crippen LogP contribution is -2.31. The molecule has 128 valence electrons. The van der Waals surface area contributed by atoms with Crippen LogP contribution in [0.15, 0.2) is 53.3 Å². The molecule has 0 saturated carbocycles. The monoisotopic (exact) mass is 337 g/mol. The number of amides is 2. The van der Waals surface area contributed by atoms with Gasteiger partial charge in [0.15, 0.2) is 0 Å². The number of aromatic nitrogens is 3. The molecular formula is C18H19N5O2. The van der Waals surface area contributed by atoms with Crippen molar-refractivity contribution in [1.29, 1.82) is 0 Å². The van der Waals surface area contributed by atoms with Crippen molar-refractivity contribution < 1.29 is 9.32 Å². The maximum Gasteiger partial charge on any atom is 0.319 e. The molecule has 2 aromatic heterocycles. The molecule has 0 spiro atoms. The summed E-state index contributed by atoms with van der Waals surface area (Å²) in [7, 11) is 0. The van der Waals surface area contributed by atoms with E-state index in [2.05, 4.69) is 25.8 Å². The van der Waals surface area contributed by atoms with Crippen LogP contribution >= 0.6 is 0 Å². The topological polar surface area (TPSA) is 92.9 Å². The Bertz CT molecular complexity index is 845. The Balaban J connectivity index is 1.74. The van der Waals surface area contributed by atoms with Crippen LogP contribution in [0.25, 0.3) is 22.8 Å². The molecule has 0 unspecified atom stereocenters. The molecule has 3 aromatic rings. The Morgan fingerprint density at radius 3 is 2.72 bits per heavy atom. The SMILES string of the molecule is CC(C)CNC(=O)Nc1cccc(-c2noc(-c3ccncc3)n2)c1. The van der Waals surface area contributed by atoms with Crippen LogP contribution in [0.3, 0.4) is 0 Å². The van der Waals surface area contributed by atoms with Crippen molar-refractivity contribution in [2.24, 2.45) is 5.92 Å². The van der Waals surface area contributed by atoms with Gasteiger partial charge < -0.3 is 15.2 Å². The molecule has 2 heterocycles. The number of urea groups is 1. The van der Waals surface area contributed by atoms with Gasteiger partial charge in [0.05, 0.1) is 0 Å². The van der Waals surface area contributed by atoms with Gasteiger partial charge in [-0.25, -0.2) is 4.79 Å². The van der Waals surface area contributed by atoms with E-state index in [1.807, 2.05) is 32.0 Å². The number of anilines is 1. The fourth-order valence-corrected chi connectivity index (χ4v) is 2.16. The molecule has 25 heavy (non-hydrogen) atoms. The highest BCUT2D eigenvalue weighted by molar-refractivity contribution is 5.89. The Morgan fingerprint density at radius 2 is 1.96 bits per heavy atom. The molecule has 0 aliphatic heterocycles. The summed E-state index contributed by atoms with van der Waals surface area (Å²) in [5.41, 5.74) is 2.22. The van der Waals surface area contributed by atoms with Crippen molar-refractivity contribution in [1.82, 2.24) is 20.4 Å². The Kier molecular flexibility index (Phi) is 5.03. The average molecular weight is 337 g/mol. The largest absolute Gasteiger partial charge is 0.338 e. The summed E-state index contributed by atoms with van der Waals surface area (Å²) in [5, 5.41) is 9.62. The third-order valence-corrected chi connectivity index (χ3v) is 3.40. The highest BCUT2D eigenvalue weighted by Crippen LogP contribution is 2.23. The van der Waals surface area contributed by atoms with E-state index in [0.717, 1.165) is 11.1 Å². The minimum absolute atomic E-state index is 0.239. The molecule has 0 saturated heterocycles. The standard InChI is InChI=1S/C18H19N5O2/c1-12(2)11-20-18(24)21-15-5-3-4-14(10-15)16-22-17(25-23-16)13-6-8-19-9-7-13/h3-10,12H,11H2,1-2H3,(H2,20,21,24). The molecule has 0 radical (unpaired) electrons. The van der Waals surface area contributed by atoms with E-state index in [1.54, 1.807) is 30.6 Å². The number of benzene rings is 1. The summed E-state index contributed by atoms with van der Waals surface area (Å²) >= 11 is 0. The summed E-state index contributed by atoms with van der Waals surface area (Å²) in [6.07, 6.45) is 3.33. The van der Waals surface area contributed by atoms with Gasteiger partial charge in [0, 0.05) is 35.8 Å². The number of carbonyl (C=O) groups excluding carboxylic acids is 1. The van der Waals surface area contributed by atoms with Crippen molar-refractivity contribution >= 4 is 11.7 Å². The van der Waals surface area contributed by atoms with Gasteiger partial charge in [-0.1, -0.05) is 31.1 Å². The molecule has 0 aliphatic rings. The summed E-state index contributed by atoms with van der Waals surface area (Å²) in [6.45, 7) is 4.70. The molecule has 0 aliphatic carbocycles. The highest BCUT2D eigenvalue weighted by Gasteiger charge is 2.11. The normalized spacial score (nSPS) is 10.7. The minimum atomic E-state index is -0.239. The van der Waals surface area contributed by atoms with Gasteiger partial charge in [-0.15, -0.1) is 0 Å². The lowest BCUT2D eigenvalue weighted by Gasteiger charge is -2.09. The summed E-state index contributed by atoms with van der Waals surface area (Å²) in [6, 6.07) is 10.7. The predicted octanol–water partition coefficient (Wildman–Crippen LogP) is 3.58. The fourth-order valence-electron chi connectivity index (χ4n) is 2.16. The number of nitrogens with zero attached hydrogens (tertiary/aromatic N) is 3. The quantitative estimate of drug-likeness (QED) is 0.742. The third kappa shape index (κ3) is 4.41. The second-order valence-corrected chi connectivity index (χ2v) is 5.97. The summed E-state index contributed by atoms with van der Waals surface area (Å²) in [5.74, 6) is 1.27. The Hall–Kier alpha value is -3.22. The first-order chi connectivity index (χ1) is 12.1. The van der Waals surface area contributed by atoms with Crippen molar-refractivity contribution in [3.8, 4) is 22.8 Å². The van der Waals surface area contributed by atoms with E-state index in [0.29, 0.717) is 29.9 Å². The van der Waals surface area contributed by atoms with E-state index < -0.39 is 0 Å². The van der Waals surface area contributed by atoms with Crippen molar-refractivity contribution in [3.05, 3.63) is 48.8 Å². The second kappa shape index (κ2) is 7.57. The maximum absolute atomic E-state index is 11.9. The fraction of sp³-hybridized carbons (Fsp3) is 0.222. The lowest BCUT2D eigenvalue weighted by atomic mass is 10.2.